The van der Waals surface area contributed by atoms with Crippen LogP contribution in [0.4, 0.5) is 0 Å². The van der Waals surface area contributed by atoms with Gasteiger partial charge >= 0.3 is 5.97 Å². The predicted molar refractivity (Wildman–Crippen MR) is 74.3 cm³/mol. The molecule has 3 saturated heterocycles. The summed E-state index contributed by atoms with van der Waals surface area (Å²) in [6, 6.07) is 3.29. The van der Waals surface area contributed by atoms with E-state index in [1.807, 2.05) is 0 Å². The molecule has 3 atom stereocenters. The average Bonchev–Trinajstić information content (AvgIpc) is 2.42. The van der Waals surface area contributed by atoms with Crippen LogP contribution >= 0.6 is 11.6 Å². The molecule has 4 nitrogen and oxygen atoms in total. The van der Waals surface area contributed by atoms with Crippen molar-refractivity contribution in [2.75, 3.05) is 13.1 Å². The summed E-state index contributed by atoms with van der Waals surface area (Å²) in [6.07, 6.45) is 5.24. The fourth-order valence-electron chi connectivity index (χ4n) is 4.24. The van der Waals surface area contributed by atoms with E-state index in [0.717, 1.165) is 24.9 Å². The van der Waals surface area contributed by atoms with Crippen molar-refractivity contribution in [3.8, 4) is 0 Å². The second kappa shape index (κ2) is 4.71. The predicted octanol–water partition coefficient (Wildman–Crippen LogP) is 2.58. The fraction of sp³-hybridized carbons (Fsp3) is 0.600. The number of carbonyl (C=O) groups is 1. The lowest BCUT2D eigenvalue weighted by molar-refractivity contribution is -0.159. The molecule has 1 aromatic heterocycles. The Morgan fingerprint density at radius 1 is 1.25 bits per heavy atom. The van der Waals surface area contributed by atoms with E-state index in [0.29, 0.717) is 16.6 Å². The van der Waals surface area contributed by atoms with Crippen LogP contribution in [0.25, 0.3) is 0 Å². The zero-order valence-electron chi connectivity index (χ0n) is 11.2. The van der Waals surface area contributed by atoms with Gasteiger partial charge in [0.2, 0.25) is 0 Å². The highest BCUT2D eigenvalue weighted by Crippen LogP contribution is 2.46. The Bertz CT molecular complexity index is 503. The van der Waals surface area contributed by atoms with Crippen molar-refractivity contribution < 1.29 is 9.53 Å². The van der Waals surface area contributed by atoms with Crippen molar-refractivity contribution in [1.82, 2.24) is 9.88 Å². The van der Waals surface area contributed by atoms with Crippen LogP contribution in [-0.2, 0) is 4.74 Å². The van der Waals surface area contributed by atoms with E-state index in [1.54, 1.807) is 12.1 Å². The second-order valence-electron chi connectivity index (χ2n) is 6.32. The summed E-state index contributed by atoms with van der Waals surface area (Å²) in [4.78, 5) is 18.5. The van der Waals surface area contributed by atoms with Crippen LogP contribution in [0.2, 0.25) is 5.15 Å². The van der Waals surface area contributed by atoms with Crippen molar-refractivity contribution >= 4 is 17.6 Å². The van der Waals surface area contributed by atoms with Gasteiger partial charge in [0.15, 0.2) is 6.23 Å². The van der Waals surface area contributed by atoms with Crippen molar-refractivity contribution in [2.24, 2.45) is 17.8 Å². The molecule has 1 aliphatic carbocycles. The highest BCUT2D eigenvalue weighted by molar-refractivity contribution is 6.29. The molecule has 4 aliphatic rings. The minimum absolute atomic E-state index is 0.0361. The van der Waals surface area contributed by atoms with Crippen molar-refractivity contribution in [3.63, 3.8) is 0 Å². The van der Waals surface area contributed by atoms with Gasteiger partial charge in [0, 0.05) is 25.2 Å². The van der Waals surface area contributed by atoms with Gasteiger partial charge in [-0.1, -0.05) is 11.6 Å². The Balaban J connectivity index is 1.49. The van der Waals surface area contributed by atoms with Gasteiger partial charge in [-0.25, -0.2) is 9.78 Å². The molecule has 3 aliphatic heterocycles. The maximum Gasteiger partial charge on any atom is 0.341 e. The van der Waals surface area contributed by atoms with Gasteiger partial charge in [0.1, 0.15) is 5.15 Å². The molecule has 20 heavy (non-hydrogen) atoms. The van der Waals surface area contributed by atoms with E-state index in [1.165, 1.54) is 25.5 Å². The minimum Gasteiger partial charge on any atom is -0.442 e. The van der Waals surface area contributed by atoms with Crippen LogP contribution in [-0.4, -0.2) is 35.2 Å². The van der Waals surface area contributed by atoms with E-state index < -0.39 is 0 Å². The molecule has 1 saturated carbocycles. The summed E-state index contributed by atoms with van der Waals surface area (Å²) in [5.41, 5.74) is 0.476. The average molecular weight is 293 g/mol. The van der Waals surface area contributed by atoms with Gasteiger partial charge in [-0.2, -0.15) is 0 Å². The molecule has 0 unspecified atom stereocenters. The third-order valence-corrected chi connectivity index (χ3v) is 5.10. The molecule has 0 N–H and O–H groups in total. The van der Waals surface area contributed by atoms with Gasteiger partial charge in [0.25, 0.3) is 0 Å². The number of aromatic nitrogens is 1. The summed E-state index contributed by atoms with van der Waals surface area (Å²) in [5.74, 6) is 1.87. The summed E-state index contributed by atoms with van der Waals surface area (Å²) >= 11 is 5.74. The highest BCUT2D eigenvalue weighted by Gasteiger charge is 2.48. The first kappa shape index (κ1) is 12.6. The number of nitrogens with zero attached hydrogens (tertiary/aromatic N) is 2. The van der Waals surface area contributed by atoms with Crippen LogP contribution in [0, 0.1) is 17.8 Å². The Hall–Kier alpha value is -1.13. The molecule has 5 rings (SSSR count). The lowest BCUT2D eigenvalue weighted by atomic mass is 9.67. The molecule has 106 valence electrons. The smallest absolute Gasteiger partial charge is 0.341 e. The lowest BCUT2D eigenvalue weighted by Crippen LogP contribution is -2.60. The Labute approximate surface area is 123 Å². The molecule has 5 heteroatoms. The topological polar surface area (TPSA) is 42.4 Å². The first-order chi connectivity index (χ1) is 9.69. The number of halogens is 1. The third kappa shape index (κ3) is 2.11. The second-order valence-corrected chi connectivity index (χ2v) is 6.71. The van der Waals surface area contributed by atoms with Crippen LogP contribution in [0.5, 0.6) is 0 Å². The van der Waals surface area contributed by atoms with Gasteiger partial charge in [-0.15, -0.1) is 0 Å². The van der Waals surface area contributed by atoms with E-state index in [2.05, 4.69) is 9.88 Å². The summed E-state index contributed by atoms with van der Waals surface area (Å²) < 4.78 is 5.76. The Morgan fingerprint density at radius 2 is 2.00 bits per heavy atom. The molecule has 0 spiro atoms. The van der Waals surface area contributed by atoms with Crippen LogP contribution in [0.3, 0.4) is 0 Å². The van der Waals surface area contributed by atoms with Gasteiger partial charge in [0.05, 0.1) is 5.56 Å². The third-order valence-electron chi connectivity index (χ3n) is 4.88. The standard InChI is InChI=1S/C15H17ClN2O2/c16-13-2-1-11(6-17-13)15(19)20-14-12-4-9-3-10(5-12)8-18(14)7-9/h1-2,6,9-10,12,14H,3-5,7-8H2/t9-,10-,14-/m1/s1. The number of hydrogen-bond donors (Lipinski definition) is 0. The number of esters is 1. The molecule has 0 radical (unpaired) electrons. The van der Waals surface area contributed by atoms with Crippen molar-refractivity contribution in [1.29, 1.82) is 0 Å². The van der Waals surface area contributed by atoms with E-state index in [9.17, 15) is 4.79 Å². The molecule has 4 heterocycles. The number of rotatable bonds is 2. The van der Waals surface area contributed by atoms with Gasteiger partial charge in [-0.3, -0.25) is 4.90 Å². The monoisotopic (exact) mass is 292 g/mol. The van der Waals surface area contributed by atoms with Crippen LogP contribution in [0.1, 0.15) is 29.6 Å². The van der Waals surface area contributed by atoms with E-state index >= 15 is 0 Å². The Kier molecular flexibility index (Phi) is 2.97. The molecule has 4 bridgehead atoms. The summed E-state index contributed by atoms with van der Waals surface area (Å²) in [7, 11) is 0. The number of hydrogen-bond acceptors (Lipinski definition) is 4. The fourth-order valence-corrected chi connectivity index (χ4v) is 4.35. The zero-order chi connectivity index (χ0) is 13.7. The molecule has 0 amide bonds. The maximum atomic E-state index is 12.2. The molecule has 0 aromatic carbocycles. The van der Waals surface area contributed by atoms with Gasteiger partial charge in [-0.05, 0) is 43.2 Å². The van der Waals surface area contributed by atoms with E-state index in [-0.39, 0.29) is 12.2 Å². The molecular weight excluding hydrogens is 276 g/mol. The first-order valence-corrected chi connectivity index (χ1v) is 7.63. The summed E-state index contributed by atoms with van der Waals surface area (Å²) in [5, 5.41) is 0.389. The van der Waals surface area contributed by atoms with Gasteiger partial charge < -0.3 is 4.74 Å². The maximum absolute atomic E-state index is 12.2. The number of pyridine rings is 1. The molecular formula is C15H17ClN2O2. The summed E-state index contributed by atoms with van der Waals surface area (Å²) in [6.45, 7) is 2.17. The van der Waals surface area contributed by atoms with E-state index in [4.69, 9.17) is 16.3 Å². The number of piperidine rings is 3. The van der Waals surface area contributed by atoms with Crippen LogP contribution in [0.15, 0.2) is 18.3 Å². The first-order valence-electron chi connectivity index (χ1n) is 7.25. The molecule has 1 aromatic rings. The quantitative estimate of drug-likeness (QED) is 0.621. The number of carbonyl (C=O) groups excluding carboxylic acids is 1. The van der Waals surface area contributed by atoms with Crippen LogP contribution < -0.4 is 0 Å². The largest absolute Gasteiger partial charge is 0.442 e. The Morgan fingerprint density at radius 3 is 2.60 bits per heavy atom. The minimum atomic E-state index is -0.286. The van der Waals surface area contributed by atoms with Crippen molar-refractivity contribution in [3.05, 3.63) is 29.0 Å². The molecule has 4 fully saturated rings. The SMILES string of the molecule is O=C(O[C@@H]1C2C[C@H]3C[C@H](C2)CN1C3)c1ccc(Cl)nc1. The normalized spacial score (nSPS) is 38.0. The zero-order valence-corrected chi connectivity index (χ0v) is 11.9. The lowest BCUT2D eigenvalue weighted by Gasteiger charge is -2.55. The number of ether oxygens (including phenoxy) is 1. The highest BCUT2D eigenvalue weighted by atomic mass is 35.5. The van der Waals surface area contributed by atoms with Crippen molar-refractivity contribution in [2.45, 2.75) is 25.5 Å².